The van der Waals surface area contributed by atoms with Crippen LogP contribution in [0.5, 0.6) is 5.75 Å². The molecule has 1 aromatic carbocycles. The molecule has 0 spiro atoms. The van der Waals surface area contributed by atoms with E-state index in [2.05, 4.69) is 20.7 Å². The van der Waals surface area contributed by atoms with Gasteiger partial charge in [-0.05, 0) is 25.0 Å². The van der Waals surface area contributed by atoms with Crippen molar-refractivity contribution in [3.8, 4) is 11.4 Å². The number of hydrogen-bond donors (Lipinski definition) is 4. The summed E-state index contributed by atoms with van der Waals surface area (Å²) < 4.78 is 29.4. The molecule has 3 aromatic rings. The normalized spacial score (nSPS) is 15.8. The predicted octanol–water partition coefficient (Wildman–Crippen LogP) is 2.72. The summed E-state index contributed by atoms with van der Waals surface area (Å²) in [5.74, 6) is -0.581. The number of methoxy groups -OCH3 is 1. The fourth-order valence-corrected chi connectivity index (χ4v) is 4.02. The summed E-state index contributed by atoms with van der Waals surface area (Å²) in [6, 6.07) is 6.64. The molecular formula is C24H25N7O5. The zero-order valence-electron chi connectivity index (χ0n) is 22.2. The molecule has 0 radical (unpaired) electrons. The van der Waals surface area contributed by atoms with Crippen LogP contribution in [0.3, 0.4) is 0 Å². The third-order valence-electron chi connectivity index (χ3n) is 6.03. The van der Waals surface area contributed by atoms with Crippen molar-refractivity contribution in [3.05, 3.63) is 53.5 Å². The summed E-state index contributed by atoms with van der Waals surface area (Å²) in [5, 5.41) is 21.6. The summed E-state index contributed by atoms with van der Waals surface area (Å²) >= 11 is 0. The van der Waals surface area contributed by atoms with E-state index in [-0.39, 0.29) is 42.0 Å². The molecule has 36 heavy (non-hydrogen) atoms. The van der Waals surface area contributed by atoms with Crippen LogP contribution in [0.1, 0.15) is 38.6 Å². The number of fused-ring (bicyclic) bond motifs is 1. The van der Waals surface area contributed by atoms with Gasteiger partial charge in [0.1, 0.15) is 11.5 Å². The molecule has 0 atom stereocenters. The Kier molecular flexibility index (Phi) is 5.03. The van der Waals surface area contributed by atoms with Crippen molar-refractivity contribution in [1.29, 1.82) is 0 Å². The zero-order chi connectivity index (χ0) is 27.9. The Morgan fingerprint density at radius 1 is 1.22 bits per heavy atom. The van der Waals surface area contributed by atoms with Gasteiger partial charge in [-0.15, -0.1) is 0 Å². The van der Waals surface area contributed by atoms with E-state index in [1.807, 2.05) is 5.32 Å². The molecule has 12 nitrogen and oxygen atoms in total. The standard InChI is InChI=1S/C24H25N7O5/c1-25-23(33)15-9-26-20(28-22(32)13-6-7-13)8-17(15)27-16-4-3-5-19(21(16)36-2)31-11-14-10-30(24(34)35)12-18(14)29-31/h3-5,8-9,11,13H,6-7,10,12H2,1-2H3,(H,25,33)(H,34,35)(H2,26,27,28,32)/i1D3. The van der Waals surface area contributed by atoms with E-state index < -0.39 is 19.0 Å². The fraction of sp³-hybridized carbons (Fsp3) is 0.292. The van der Waals surface area contributed by atoms with Gasteiger partial charge in [-0.3, -0.25) is 14.5 Å². The minimum atomic E-state index is -2.72. The highest BCUT2D eigenvalue weighted by molar-refractivity contribution is 6.01. The highest BCUT2D eigenvalue weighted by atomic mass is 16.5. The summed E-state index contributed by atoms with van der Waals surface area (Å²) in [6.07, 6.45) is 3.49. The number of anilines is 3. The predicted molar refractivity (Wildman–Crippen MR) is 130 cm³/mol. The Labute approximate surface area is 210 Å². The van der Waals surface area contributed by atoms with E-state index >= 15 is 0 Å². The molecule has 1 fully saturated rings. The number of ether oxygens (including phenoxy) is 1. The molecule has 186 valence electrons. The molecule has 3 amide bonds. The molecule has 1 aliphatic heterocycles. The van der Waals surface area contributed by atoms with E-state index in [9.17, 15) is 19.5 Å². The smallest absolute Gasteiger partial charge is 0.407 e. The van der Waals surface area contributed by atoms with Gasteiger partial charge in [0.2, 0.25) is 5.91 Å². The molecular weight excluding hydrogens is 466 g/mol. The second-order valence-electron chi connectivity index (χ2n) is 8.50. The van der Waals surface area contributed by atoms with Crippen molar-refractivity contribution >= 4 is 35.1 Å². The Hall–Kier alpha value is -4.61. The highest BCUT2D eigenvalue weighted by Crippen LogP contribution is 2.36. The number of nitrogens with one attached hydrogen (secondary N) is 3. The molecule has 4 N–H and O–H groups in total. The number of pyridine rings is 1. The molecule has 3 heterocycles. The van der Waals surface area contributed by atoms with Gasteiger partial charge in [0.25, 0.3) is 5.91 Å². The third kappa shape index (κ3) is 4.40. The number of nitrogens with zero attached hydrogens (tertiary/aromatic N) is 4. The number of carbonyl (C=O) groups excluding carboxylic acids is 2. The van der Waals surface area contributed by atoms with Crippen LogP contribution in [0.15, 0.2) is 36.7 Å². The molecule has 0 saturated heterocycles. The van der Waals surface area contributed by atoms with E-state index in [4.69, 9.17) is 8.85 Å². The Bertz CT molecular complexity index is 1450. The minimum absolute atomic E-state index is 0.0603. The first-order valence-corrected chi connectivity index (χ1v) is 11.2. The van der Waals surface area contributed by atoms with Crippen molar-refractivity contribution in [2.75, 3.05) is 24.7 Å². The molecule has 1 saturated carbocycles. The first kappa shape index (κ1) is 19.7. The van der Waals surface area contributed by atoms with Gasteiger partial charge < -0.3 is 25.8 Å². The first-order chi connectivity index (χ1) is 18.5. The second kappa shape index (κ2) is 9.21. The van der Waals surface area contributed by atoms with Gasteiger partial charge in [-0.2, -0.15) is 5.10 Å². The van der Waals surface area contributed by atoms with Crippen LogP contribution in [0.2, 0.25) is 0 Å². The van der Waals surface area contributed by atoms with Crippen molar-refractivity contribution in [2.45, 2.75) is 25.9 Å². The lowest BCUT2D eigenvalue weighted by atomic mass is 10.2. The summed E-state index contributed by atoms with van der Waals surface area (Å²) in [4.78, 5) is 41.7. The number of aromatic nitrogens is 3. The van der Waals surface area contributed by atoms with E-state index in [1.54, 1.807) is 29.1 Å². The van der Waals surface area contributed by atoms with Crippen LogP contribution < -0.4 is 20.7 Å². The molecule has 2 aliphatic rings. The van der Waals surface area contributed by atoms with Gasteiger partial charge in [0.05, 0.1) is 42.8 Å². The average molecular weight is 495 g/mol. The number of carbonyl (C=O) groups is 3. The zero-order valence-corrected chi connectivity index (χ0v) is 19.2. The van der Waals surface area contributed by atoms with Gasteiger partial charge in [-0.25, -0.2) is 14.5 Å². The Morgan fingerprint density at radius 2 is 2.06 bits per heavy atom. The van der Waals surface area contributed by atoms with Gasteiger partial charge in [-0.1, -0.05) is 6.07 Å². The Balaban J connectivity index is 1.48. The van der Waals surface area contributed by atoms with Crippen LogP contribution in [-0.2, 0) is 17.9 Å². The monoisotopic (exact) mass is 494 g/mol. The van der Waals surface area contributed by atoms with E-state index in [1.165, 1.54) is 24.3 Å². The van der Waals surface area contributed by atoms with Crippen LogP contribution in [-0.4, -0.2) is 56.8 Å². The summed E-state index contributed by atoms with van der Waals surface area (Å²) in [5.41, 5.74) is 2.50. The SMILES string of the molecule is [2H]C([2H])([2H])NC(=O)c1cnc(NC(=O)C2CC2)cc1Nc1cccc(-n2cc3c(n2)CN(C(=O)O)C3)c1OC. The minimum Gasteiger partial charge on any atom is -0.492 e. The lowest BCUT2D eigenvalue weighted by molar-refractivity contribution is -0.117. The quantitative estimate of drug-likeness (QED) is 0.391. The van der Waals surface area contributed by atoms with Gasteiger partial charge >= 0.3 is 6.09 Å². The second-order valence-corrected chi connectivity index (χ2v) is 8.50. The van der Waals surface area contributed by atoms with Gasteiger partial charge in [0, 0.05) is 41.0 Å². The maximum Gasteiger partial charge on any atom is 0.407 e. The van der Waals surface area contributed by atoms with Gasteiger partial charge in [0.15, 0.2) is 5.75 Å². The largest absolute Gasteiger partial charge is 0.492 e. The molecule has 5 rings (SSSR count). The number of rotatable bonds is 7. The van der Waals surface area contributed by atoms with E-state index in [0.717, 1.165) is 18.4 Å². The lowest BCUT2D eigenvalue weighted by Gasteiger charge is -2.18. The van der Waals surface area contributed by atoms with Crippen LogP contribution >= 0.6 is 0 Å². The number of benzene rings is 1. The molecule has 2 aromatic heterocycles. The van der Waals surface area contributed by atoms with E-state index in [0.29, 0.717) is 22.8 Å². The average Bonchev–Trinajstić information content (AvgIpc) is 3.52. The van der Waals surface area contributed by atoms with Crippen LogP contribution in [0.25, 0.3) is 5.69 Å². The highest BCUT2D eigenvalue weighted by Gasteiger charge is 2.30. The first-order valence-electron chi connectivity index (χ1n) is 12.7. The molecule has 12 heteroatoms. The van der Waals surface area contributed by atoms with Crippen LogP contribution in [0.4, 0.5) is 22.0 Å². The fourth-order valence-electron chi connectivity index (χ4n) is 4.02. The lowest BCUT2D eigenvalue weighted by Crippen LogP contribution is -2.23. The number of para-hydroxylation sites is 1. The topological polar surface area (TPSA) is 151 Å². The maximum absolute atomic E-state index is 12.8. The maximum atomic E-state index is 12.8. The molecule has 1 aliphatic carbocycles. The number of hydrogen-bond acceptors (Lipinski definition) is 7. The summed E-state index contributed by atoms with van der Waals surface area (Å²) in [6.45, 7) is -2.33. The summed E-state index contributed by atoms with van der Waals surface area (Å²) in [7, 11) is 1.46. The molecule has 0 unspecified atom stereocenters. The number of amides is 3. The van der Waals surface area contributed by atoms with Crippen LogP contribution in [0, 0.1) is 5.92 Å². The Morgan fingerprint density at radius 3 is 2.75 bits per heavy atom. The van der Waals surface area contributed by atoms with Crippen molar-refractivity contribution < 1.29 is 28.3 Å². The van der Waals surface area contributed by atoms with Crippen molar-refractivity contribution in [2.24, 2.45) is 5.92 Å². The third-order valence-corrected chi connectivity index (χ3v) is 6.03. The molecule has 0 bridgehead atoms. The number of carboxylic acid groups (broad SMARTS) is 1. The van der Waals surface area contributed by atoms with Crippen molar-refractivity contribution in [1.82, 2.24) is 25.0 Å². The van der Waals surface area contributed by atoms with Crippen molar-refractivity contribution in [3.63, 3.8) is 0 Å².